The van der Waals surface area contributed by atoms with Crippen LogP contribution in [0.1, 0.15) is 13.8 Å². The van der Waals surface area contributed by atoms with Crippen molar-refractivity contribution in [1.29, 1.82) is 0 Å². The van der Waals surface area contributed by atoms with Gasteiger partial charge in [-0.1, -0.05) is 13.2 Å². The van der Waals surface area contributed by atoms with E-state index in [1.807, 2.05) is 0 Å². The van der Waals surface area contributed by atoms with E-state index in [2.05, 4.69) is 18.5 Å². The molecule has 0 fully saturated rings. The van der Waals surface area contributed by atoms with E-state index in [4.69, 9.17) is 0 Å². The largest absolute Gasteiger partial charge is 0.548 e. The van der Waals surface area contributed by atoms with Crippen molar-refractivity contribution in [3.05, 3.63) is 25.3 Å². The Kier molecular flexibility index (Phi) is 6.97. The molecule has 0 rings (SSSR count). The number of nitrogens with one attached hydrogen (secondary N) is 2. The molecule has 0 atom stereocenters. The highest BCUT2D eigenvalue weighted by Crippen LogP contribution is 2.11. The summed E-state index contributed by atoms with van der Waals surface area (Å²) in [5.41, 5.74) is -0.656. The first-order valence-corrected chi connectivity index (χ1v) is 5.87. The van der Waals surface area contributed by atoms with Gasteiger partial charge in [-0.2, -0.15) is 0 Å². The standard InChI is InChI=1S/C13H22N2O3/c1-5-7-15(8-6-2)10-13(3,4)12(18)14-9-11(16)17/h5-6H,1-2,7-10H2,3-4H3,(H,14,18)(H,16,17). The minimum absolute atomic E-state index is 0.294. The molecule has 0 aliphatic carbocycles. The molecule has 0 aliphatic rings. The van der Waals surface area contributed by atoms with Crippen molar-refractivity contribution in [2.75, 3.05) is 26.2 Å². The summed E-state index contributed by atoms with van der Waals surface area (Å²) in [7, 11) is 0. The van der Waals surface area contributed by atoms with Gasteiger partial charge in [-0.15, -0.1) is 0 Å². The Hall–Kier alpha value is -1.62. The fourth-order valence-electron chi connectivity index (χ4n) is 1.73. The zero-order valence-corrected chi connectivity index (χ0v) is 11.1. The molecule has 0 saturated carbocycles. The number of carboxylic acid groups (broad SMARTS) is 1. The van der Waals surface area contributed by atoms with E-state index in [1.54, 1.807) is 26.0 Å². The quantitative estimate of drug-likeness (QED) is 0.474. The van der Waals surface area contributed by atoms with Gasteiger partial charge in [0.2, 0.25) is 5.91 Å². The molecule has 102 valence electrons. The van der Waals surface area contributed by atoms with Gasteiger partial charge < -0.3 is 20.1 Å². The molecule has 0 aromatic heterocycles. The number of quaternary nitrogens is 1. The summed E-state index contributed by atoms with van der Waals surface area (Å²) in [5, 5.41) is 12.6. The lowest BCUT2D eigenvalue weighted by Gasteiger charge is -2.28. The van der Waals surface area contributed by atoms with Crippen LogP contribution in [0.15, 0.2) is 25.3 Å². The lowest BCUT2D eigenvalue weighted by atomic mass is 9.91. The average molecular weight is 254 g/mol. The number of rotatable bonds is 9. The lowest BCUT2D eigenvalue weighted by Crippen LogP contribution is -3.13. The van der Waals surface area contributed by atoms with Gasteiger partial charge in [0.1, 0.15) is 0 Å². The Morgan fingerprint density at radius 2 is 1.78 bits per heavy atom. The second kappa shape index (κ2) is 7.66. The van der Waals surface area contributed by atoms with Gasteiger partial charge in [-0.05, 0) is 26.0 Å². The third kappa shape index (κ3) is 6.20. The Labute approximate surface area is 108 Å². The van der Waals surface area contributed by atoms with Crippen LogP contribution in [0, 0.1) is 5.41 Å². The zero-order valence-electron chi connectivity index (χ0n) is 11.1. The van der Waals surface area contributed by atoms with Gasteiger partial charge in [0.05, 0.1) is 37.6 Å². The predicted molar refractivity (Wildman–Crippen MR) is 67.8 cm³/mol. The molecule has 18 heavy (non-hydrogen) atoms. The smallest absolute Gasteiger partial charge is 0.231 e. The van der Waals surface area contributed by atoms with Gasteiger partial charge in [0, 0.05) is 0 Å². The zero-order chi connectivity index (χ0) is 14.2. The van der Waals surface area contributed by atoms with Crippen molar-refractivity contribution >= 4 is 11.9 Å². The molecular weight excluding hydrogens is 232 g/mol. The van der Waals surface area contributed by atoms with Crippen LogP contribution >= 0.6 is 0 Å². The third-order valence-electron chi connectivity index (χ3n) is 2.57. The van der Waals surface area contributed by atoms with Gasteiger partial charge >= 0.3 is 0 Å². The SMILES string of the molecule is C=CC[NH+](CC=C)CC(C)(C)C(=O)NCC(=O)[O-]. The minimum Gasteiger partial charge on any atom is -0.548 e. The molecule has 0 aromatic carbocycles. The van der Waals surface area contributed by atoms with E-state index in [9.17, 15) is 14.7 Å². The van der Waals surface area contributed by atoms with Crippen LogP contribution in [0.2, 0.25) is 0 Å². The Morgan fingerprint density at radius 3 is 2.17 bits per heavy atom. The number of aliphatic carboxylic acids is 1. The summed E-state index contributed by atoms with van der Waals surface area (Å²) in [6, 6.07) is 0. The second-order valence-corrected chi connectivity index (χ2v) is 4.85. The van der Waals surface area contributed by atoms with Gasteiger partial charge in [0.15, 0.2) is 0 Å². The van der Waals surface area contributed by atoms with Gasteiger partial charge in [0.25, 0.3) is 0 Å². The first kappa shape index (κ1) is 16.4. The number of hydrogen-bond donors (Lipinski definition) is 2. The molecule has 5 nitrogen and oxygen atoms in total. The molecule has 0 heterocycles. The summed E-state index contributed by atoms with van der Waals surface area (Å²) in [5.74, 6) is -1.59. The van der Waals surface area contributed by atoms with E-state index in [0.29, 0.717) is 6.54 Å². The number of carboxylic acids is 1. The summed E-state index contributed by atoms with van der Waals surface area (Å²) < 4.78 is 0. The third-order valence-corrected chi connectivity index (χ3v) is 2.57. The van der Waals surface area contributed by atoms with Crippen LogP contribution in [0.4, 0.5) is 0 Å². The summed E-state index contributed by atoms with van der Waals surface area (Å²) in [6.45, 7) is 12.5. The maximum absolute atomic E-state index is 11.8. The first-order chi connectivity index (χ1) is 8.33. The van der Waals surface area contributed by atoms with Crippen molar-refractivity contribution in [2.45, 2.75) is 13.8 Å². The molecule has 0 saturated heterocycles. The maximum Gasteiger partial charge on any atom is 0.231 e. The fraction of sp³-hybridized carbons (Fsp3) is 0.538. The van der Waals surface area contributed by atoms with Crippen LogP contribution in [-0.2, 0) is 9.59 Å². The Morgan fingerprint density at radius 1 is 1.28 bits per heavy atom. The Bertz CT molecular complexity index is 314. The van der Waals surface area contributed by atoms with Crippen molar-refractivity contribution in [3.8, 4) is 0 Å². The van der Waals surface area contributed by atoms with Crippen molar-refractivity contribution in [2.24, 2.45) is 5.41 Å². The Balaban J connectivity index is 4.48. The highest BCUT2D eigenvalue weighted by molar-refractivity contribution is 5.84. The average Bonchev–Trinajstić information content (AvgIpc) is 2.25. The van der Waals surface area contributed by atoms with E-state index in [0.717, 1.165) is 18.0 Å². The molecule has 0 aromatic rings. The van der Waals surface area contributed by atoms with E-state index < -0.39 is 17.9 Å². The molecule has 0 unspecified atom stereocenters. The van der Waals surface area contributed by atoms with E-state index >= 15 is 0 Å². The van der Waals surface area contributed by atoms with Crippen LogP contribution in [-0.4, -0.2) is 38.1 Å². The summed E-state index contributed by atoms with van der Waals surface area (Å²) in [4.78, 5) is 23.3. The van der Waals surface area contributed by atoms with Crippen LogP contribution < -0.4 is 15.3 Å². The minimum atomic E-state index is -1.29. The highest BCUT2D eigenvalue weighted by Gasteiger charge is 2.31. The van der Waals surface area contributed by atoms with Crippen LogP contribution in [0.25, 0.3) is 0 Å². The summed E-state index contributed by atoms with van der Waals surface area (Å²) in [6.07, 6.45) is 3.57. The second-order valence-electron chi connectivity index (χ2n) is 4.85. The molecule has 0 bridgehead atoms. The van der Waals surface area contributed by atoms with Crippen LogP contribution in [0.3, 0.4) is 0 Å². The highest BCUT2D eigenvalue weighted by atomic mass is 16.4. The molecule has 0 aliphatic heterocycles. The fourth-order valence-corrected chi connectivity index (χ4v) is 1.73. The van der Waals surface area contributed by atoms with E-state index in [-0.39, 0.29) is 5.91 Å². The van der Waals surface area contributed by atoms with Crippen molar-refractivity contribution < 1.29 is 19.6 Å². The monoisotopic (exact) mass is 254 g/mol. The summed E-state index contributed by atoms with van der Waals surface area (Å²) >= 11 is 0. The van der Waals surface area contributed by atoms with Crippen molar-refractivity contribution in [3.63, 3.8) is 0 Å². The number of amides is 1. The molecule has 0 radical (unpaired) electrons. The van der Waals surface area contributed by atoms with Gasteiger partial charge in [-0.25, -0.2) is 0 Å². The topological polar surface area (TPSA) is 73.7 Å². The maximum atomic E-state index is 11.8. The number of carbonyl (C=O) groups excluding carboxylic acids is 2. The predicted octanol–water partition coefficient (Wildman–Crippen LogP) is -1.86. The number of hydrogen-bond acceptors (Lipinski definition) is 3. The van der Waals surface area contributed by atoms with Crippen molar-refractivity contribution in [1.82, 2.24) is 5.32 Å². The molecular formula is C13H22N2O3. The molecule has 1 amide bonds. The molecule has 0 spiro atoms. The molecule has 2 N–H and O–H groups in total. The lowest BCUT2D eigenvalue weighted by molar-refractivity contribution is -0.893. The van der Waals surface area contributed by atoms with E-state index in [1.165, 1.54) is 0 Å². The first-order valence-electron chi connectivity index (χ1n) is 5.87. The van der Waals surface area contributed by atoms with Crippen LogP contribution in [0.5, 0.6) is 0 Å². The van der Waals surface area contributed by atoms with Gasteiger partial charge in [-0.3, -0.25) is 4.79 Å². The normalized spacial score (nSPS) is 11.1. The molecule has 5 heteroatoms. The number of carbonyl (C=O) groups is 2.